The van der Waals surface area contributed by atoms with Crippen LogP contribution < -0.4 is 5.32 Å². The van der Waals surface area contributed by atoms with E-state index in [4.69, 9.17) is 0 Å². The van der Waals surface area contributed by atoms with Gasteiger partial charge in [-0.2, -0.15) is 0 Å². The fraction of sp³-hybridized carbons (Fsp3) is 0.364. The van der Waals surface area contributed by atoms with Gasteiger partial charge >= 0.3 is 0 Å². The first-order chi connectivity index (χ1) is 6.99. The molecule has 82 valence electrons. The maximum atomic E-state index is 11.6. The van der Waals surface area contributed by atoms with Crippen LogP contribution in [-0.2, 0) is 0 Å². The highest BCUT2D eigenvalue weighted by molar-refractivity contribution is 5.98. The first kappa shape index (κ1) is 11.5. The summed E-state index contributed by atoms with van der Waals surface area (Å²) in [4.78, 5) is 11.6. The van der Waals surface area contributed by atoms with E-state index in [9.17, 15) is 15.0 Å². The number of aromatic hydroxyl groups is 2. The maximum Gasteiger partial charge on any atom is 0.176 e. The third kappa shape index (κ3) is 3.59. The van der Waals surface area contributed by atoms with Crippen LogP contribution in [0.15, 0.2) is 18.2 Å². The van der Waals surface area contributed by atoms with Crippen LogP contribution in [0.25, 0.3) is 0 Å². The molecule has 0 heterocycles. The van der Waals surface area contributed by atoms with Crippen molar-refractivity contribution in [1.29, 1.82) is 0 Å². The van der Waals surface area contributed by atoms with Crippen LogP contribution in [0.3, 0.4) is 0 Å². The Morgan fingerprint density at radius 2 is 1.80 bits per heavy atom. The molecule has 0 aliphatic rings. The first-order valence-corrected chi connectivity index (χ1v) is 4.78. The highest BCUT2D eigenvalue weighted by Crippen LogP contribution is 2.20. The lowest BCUT2D eigenvalue weighted by atomic mass is 10.1. The Kier molecular flexibility index (Phi) is 3.68. The number of carbonyl (C=O) groups is 1. The molecule has 0 amide bonds. The normalized spacial score (nSPS) is 10.6. The van der Waals surface area contributed by atoms with Gasteiger partial charge in [-0.05, 0) is 12.1 Å². The molecule has 0 aliphatic carbocycles. The molecule has 0 saturated heterocycles. The summed E-state index contributed by atoms with van der Waals surface area (Å²) >= 11 is 0. The number of rotatable bonds is 4. The largest absolute Gasteiger partial charge is 0.508 e. The average molecular weight is 209 g/mol. The number of hydrogen-bond donors (Lipinski definition) is 3. The smallest absolute Gasteiger partial charge is 0.176 e. The number of phenolic OH excluding ortho intramolecular Hbond substituents is 2. The second-order valence-electron chi connectivity index (χ2n) is 3.70. The molecule has 4 nitrogen and oxygen atoms in total. The fourth-order valence-corrected chi connectivity index (χ4v) is 1.16. The van der Waals surface area contributed by atoms with Gasteiger partial charge in [0.1, 0.15) is 11.5 Å². The quantitative estimate of drug-likeness (QED) is 0.653. The molecule has 0 unspecified atom stereocenters. The standard InChI is InChI=1S/C11H15NO3/c1-7(2)12-6-11(15)8-3-9(13)5-10(14)4-8/h3-5,7,12-14H,6H2,1-2H3. The molecule has 0 atom stereocenters. The molecule has 4 heteroatoms. The molecule has 1 rings (SSSR count). The van der Waals surface area contributed by atoms with Gasteiger partial charge in [0.25, 0.3) is 0 Å². The average Bonchev–Trinajstić information content (AvgIpc) is 2.12. The number of phenols is 2. The Labute approximate surface area is 88.6 Å². The van der Waals surface area contributed by atoms with Gasteiger partial charge in [0.05, 0.1) is 6.54 Å². The summed E-state index contributed by atoms with van der Waals surface area (Å²) in [6.07, 6.45) is 0. The summed E-state index contributed by atoms with van der Waals surface area (Å²) in [6.45, 7) is 4.07. The minimum Gasteiger partial charge on any atom is -0.508 e. The SMILES string of the molecule is CC(C)NCC(=O)c1cc(O)cc(O)c1. The lowest BCUT2D eigenvalue weighted by molar-refractivity contribution is 0.0987. The zero-order chi connectivity index (χ0) is 11.4. The van der Waals surface area contributed by atoms with Crippen molar-refractivity contribution in [3.8, 4) is 11.5 Å². The molecule has 0 bridgehead atoms. The van der Waals surface area contributed by atoms with E-state index in [1.165, 1.54) is 18.2 Å². The Hall–Kier alpha value is -1.55. The maximum absolute atomic E-state index is 11.6. The van der Waals surface area contributed by atoms with Crippen LogP contribution in [0.5, 0.6) is 11.5 Å². The molecule has 15 heavy (non-hydrogen) atoms. The van der Waals surface area contributed by atoms with Crippen molar-refractivity contribution < 1.29 is 15.0 Å². The first-order valence-electron chi connectivity index (χ1n) is 4.78. The van der Waals surface area contributed by atoms with Crippen LogP contribution >= 0.6 is 0 Å². The van der Waals surface area contributed by atoms with E-state index < -0.39 is 0 Å². The van der Waals surface area contributed by atoms with Crippen LogP contribution in [0.1, 0.15) is 24.2 Å². The van der Waals surface area contributed by atoms with Crippen LogP contribution in [0.2, 0.25) is 0 Å². The number of ketones is 1. The lowest BCUT2D eigenvalue weighted by Crippen LogP contribution is -2.29. The summed E-state index contributed by atoms with van der Waals surface area (Å²) in [7, 11) is 0. The van der Waals surface area contributed by atoms with Crippen molar-refractivity contribution in [2.24, 2.45) is 0 Å². The molecule has 1 aromatic carbocycles. The third-order valence-corrected chi connectivity index (χ3v) is 1.90. The lowest BCUT2D eigenvalue weighted by Gasteiger charge is -2.07. The molecule has 0 saturated carbocycles. The van der Waals surface area contributed by atoms with Gasteiger partial charge in [-0.3, -0.25) is 4.79 Å². The molecular formula is C11H15NO3. The number of carbonyl (C=O) groups excluding carboxylic acids is 1. The zero-order valence-corrected chi connectivity index (χ0v) is 8.82. The van der Waals surface area contributed by atoms with E-state index >= 15 is 0 Å². The van der Waals surface area contributed by atoms with Crippen molar-refractivity contribution in [1.82, 2.24) is 5.32 Å². The number of Topliss-reactive ketones (excluding diaryl/α,β-unsaturated/α-hetero) is 1. The molecule has 0 radical (unpaired) electrons. The van der Waals surface area contributed by atoms with Crippen LogP contribution in [-0.4, -0.2) is 28.6 Å². The van der Waals surface area contributed by atoms with Crippen molar-refractivity contribution in [3.63, 3.8) is 0 Å². The van der Waals surface area contributed by atoms with E-state index in [1.807, 2.05) is 13.8 Å². The highest BCUT2D eigenvalue weighted by Gasteiger charge is 2.08. The summed E-state index contributed by atoms with van der Waals surface area (Å²) in [5.74, 6) is -0.374. The van der Waals surface area contributed by atoms with Gasteiger partial charge in [0, 0.05) is 17.7 Å². The fourth-order valence-electron chi connectivity index (χ4n) is 1.16. The summed E-state index contributed by atoms with van der Waals surface area (Å²) in [5, 5.41) is 21.3. The Bertz CT molecular complexity index is 341. The van der Waals surface area contributed by atoms with Gasteiger partial charge in [-0.25, -0.2) is 0 Å². The minimum absolute atomic E-state index is 0.108. The van der Waals surface area contributed by atoms with E-state index in [0.29, 0.717) is 5.56 Å². The molecule has 3 N–H and O–H groups in total. The molecule has 0 fully saturated rings. The van der Waals surface area contributed by atoms with Crippen LogP contribution in [0.4, 0.5) is 0 Å². The molecule has 1 aromatic rings. The van der Waals surface area contributed by atoms with Gasteiger partial charge < -0.3 is 15.5 Å². The van der Waals surface area contributed by atoms with Crippen LogP contribution in [0, 0.1) is 0 Å². The summed E-state index contributed by atoms with van der Waals surface area (Å²) in [5.41, 5.74) is 0.306. The van der Waals surface area contributed by atoms with E-state index in [-0.39, 0.29) is 29.9 Å². The van der Waals surface area contributed by atoms with Gasteiger partial charge in [-0.15, -0.1) is 0 Å². The number of benzene rings is 1. The summed E-state index contributed by atoms with van der Waals surface area (Å²) < 4.78 is 0. The monoisotopic (exact) mass is 209 g/mol. The van der Waals surface area contributed by atoms with Crippen molar-refractivity contribution in [2.75, 3.05) is 6.54 Å². The predicted molar refractivity (Wildman–Crippen MR) is 57.2 cm³/mol. The van der Waals surface area contributed by atoms with Gasteiger partial charge in [0.15, 0.2) is 5.78 Å². The topological polar surface area (TPSA) is 69.6 Å². The molecule has 0 aromatic heterocycles. The second kappa shape index (κ2) is 4.79. The molecular weight excluding hydrogens is 194 g/mol. The number of hydrogen-bond acceptors (Lipinski definition) is 4. The van der Waals surface area contributed by atoms with Gasteiger partial charge in [-0.1, -0.05) is 13.8 Å². The van der Waals surface area contributed by atoms with Crippen molar-refractivity contribution >= 4 is 5.78 Å². The van der Waals surface area contributed by atoms with E-state index in [2.05, 4.69) is 5.32 Å². The minimum atomic E-state index is -0.157. The van der Waals surface area contributed by atoms with Gasteiger partial charge in [0.2, 0.25) is 0 Å². The molecule has 0 aliphatic heterocycles. The third-order valence-electron chi connectivity index (χ3n) is 1.90. The van der Waals surface area contributed by atoms with E-state index in [0.717, 1.165) is 0 Å². The van der Waals surface area contributed by atoms with Crippen molar-refractivity contribution in [2.45, 2.75) is 19.9 Å². The highest BCUT2D eigenvalue weighted by atomic mass is 16.3. The Morgan fingerprint density at radius 1 is 1.27 bits per heavy atom. The van der Waals surface area contributed by atoms with E-state index in [1.54, 1.807) is 0 Å². The Balaban J connectivity index is 2.73. The van der Waals surface area contributed by atoms with Crippen molar-refractivity contribution in [3.05, 3.63) is 23.8 Å². The predicted octanol–water partition coefficient (Wildman–Crippen LogP) is 1.28. The summed E-state index contributed by atoms with van der Waals surface area (Å²) in [6, 6.07) is 4.08. The second-order valence-corrected chi connectivity index (χ2v) is 3.70. The number of nitrogens with one attached hydrogen (secondary N) is 1. The zero-order valence-electron chi connectivity index (χ0n) is 8.82. The molecule has 0 spiro atoms. The Morgan fingerprint density at radius 3 is 2.27 bits per heavy atom.